The van der Waals surface area contributed by atoms with Gasteiger partial charge in [0.05, 0.1) is 5.92 Å². The number of likely N-dealkylation sites (tertiary alicyclic amines) is 1. The van der Waals surface area contributed by atoms with Gasteiger partial charge in [-0.3, -0.25) is 9.59 Å². The van der Waals surface area contributed by atoms with Gasteiger partial charge in [0, 0.05) is 38.3 Å². The highest BCUT2D eigenvalue weighted by Crippen LogP contribution is 2.27. The first kappa shape index (κ1) is 22.8. The fourth-order valence-electron chi connectivity index (χ4n) is 4.39. The predicted octanol–water partition coefficient (Wildman–Crippen LogP) is 3.68. The molecular weight excluding hydrogens is 418 g/mol. The molecule has 2 fully saturated rings. The van der Waals surface area contributed by atoms with Crippen molar-refractivity contribution < 1.29 is 19.1 Å². The predicted molar refractivity (Wildman–Crippen MR) is 126 cm³/mol. The maximum atomic E-state index is 12.7. The van der Waals surface area contributed by atoms with E-state index in [1.165, 1.54) is 5.56 Å². The lowest BCUT2D eigenvalue weighted by Crippen LogP contribution is -2.43. The number of nitrogens with zero attached hydrogens (tertiary/aromatic N) is 2. The van der Waals surface area contributed by atoms with E-state index in [1.54, 1.807) is 21.9 Å². The number of anilines is 1. The van der Waals surface area contributed by atoms with E-state index in [-0.39, 0.29) is 30.2 Å². The van der Waals surface area contributed by atoms with Gasteiger partial charge in [0.1, 0.15) is 5.75 Å². The molecule has 2 aliphatic heterocycles. The number of amides is 3. The highest BCUT2D eigenvalue weighted by Gasteiger charge is 2.35. The molecule has 0 aliphatic carbocycles. The molecule has 2 aromatic carbocycles. The number of piperidine rings is 1. The average molecular weight is 450 g/mol. The van der Waals surface area contributed by atoms with Gasteiger partial charge in [0.2, 0.25) is 11.8 Å². The Morgan fingerprint density at radius 2 is 1.76 bits per heavy atom. The number of ether oxygens (including phenoxy) is 1. The third-order valence-electron chi connectivity index (χ3n) is 6.68. The summed E-state index contributed by atoms with van der Waals surface area (Å²) in [6.07, 6.45) is 1.52. The zero-order valence-corrected chi connectivity index (χ0v) is 19.3. The molecule has 7 heteroatoms. The van der Waals surface area contributed by atoms with Crippen molar-refractivity contribution in [1.82, 2.24) is 10.2 Å². The third-order valence-corrected chi connectivity index (χ3v) is 6.68. The lowest BCUT2D eigenvalue weighted by atomic mass is 9.96. The van der Waals surface area contributed by atoms with Crippen molar-refractivity contribution in [3.05, 3.63) is 59.7 Å². The van der Waals surface area contributed by atoms with Gasteiger partial charge < -0.3 is 19.9 Å². The molecule has 4 rings (SSSR count). The third kappa shape index (κ3) is 5.53. The quantitative estimate of drug-likeness (QED) is 0.755. The summed E-state index contributed by atoms with van der Waals surface area (Å²) >= 11 is 0. The number of benzene rings is 2. The van der Waals surface area contributed by atoms with Crippen molar-refractivity contribution in [2.45, 2.75) is 33.1 Å². The first-order valence-corrected chi connectivity index (χ1v) is 11.6. The van der Waals surface area contributed by atoms with Crippen LogP contribution in [-0.2, 0) is 9.59 Å². The second-order valence-electron chi connectivity index (χ2n) is 9.03. The van der Waals surface area contributed by atoms with Crippen molar-refractivity contribution in [3.63, 3.8) is 0 Å². The lowest BCUT2D eigenvalue weighted by molar-refractivity contribution is -0.126. The molecule has 7 nitrogen and oxygen atoms in total. The van der Waals surface area contributed by atoms with E-state index >= 15 is 0 Å². The minimum absolute atomic E-state index is 0.0105. The van der Waals surface area contributed by atoms with E-state index < -0.39 is 0 Å². The Kier molecular flexibility index (Phi) is 6.96. The summed E-state index contributed by atoms with van der Waals surface area (Å²) in [6, 6.07) is 15.0. The molecule has 2 aliphatic rings. The SMILES string of the molecule is Cc1ccc(N2C[C@@H](C(=O)NCC3CCN(C(=O)Oc4ccccc4)CC3)CC2=O)cc1C. The molecule has 0 spiro atoms. The summed E-state index contributed by atoms with van der Waals surface area (Å²) in [5.41, 5.74) is 3.17. The average Bonchev–Trinajstić information content (AvgIpc) is 3.22. The number of rotatable bonds is 5. The molecule has 1 atom stereocenters. The second-order valence-corrected chi connectivity index (χ2v) is 9.03. The number of para-hydroxylation sites is 1. The Balaban J connectivity index is 1.21. The Hall–Kier alpha value is -3.35. The fraction of sp³-hybridized carbons (Fsp3) is 0.423. The molecule has 33 heavy (non-hydrogen) atoms. The van der Waals surface area contributed by atoms with E-state index in [2.05, 4.69) is 5.32 Å². The van der Waals surface area contributed by atoms with Gasteiger partial charge in [0.25, 0.3) is 0 Å². The zero-order valence-electron chi connectivity index (χ0n) is 19.3. The van der Waals surface area contributed by atoms with Crippen LogP contribution in [0.15, 0.2) is 48.5 Å². The molecule has 174 valence electrons. The number of carbonyl (C=O) groups is 3. The highest BCUT2D eigenvalue weighted by molar-refractivity contribution is 6.00. The van der Waals surface area contributed by atoms with E-state index in [9.17, 15) is 14.4 Å². The van der Waals surface area contributed by atoms with Gasteiger partial charge in [-0.25, -0.2) is 4.79 Å². The molecule has 0 saturated carbocycles. The van der Waals surface area contributed by atoms with E-state index in [0.29, 0.717) is 37.8 Å². The highest BCUT2D eigenvalue weighted by atomic mass is 16.6. The molecule has 2 saturated heterocycles. The number of hydrogen-bond donors (Lipinski definition) is 1. The van der Waals surface area contributed by atoms with E-state index in [4.69, 9.17) is 4.74 Å². The van der Waals surface area contributed by atoms with Crippen LogP contribution in [0.5, 0.6) is 5.75 Å². The van der Waals surface area contributed by atoms with Crippen LogP contribution in [0, 0.1) is 25.7 Å². The first-order valence-electron chi connectivity index (χ1n) is 11.6. The molecular formula is C26H31N3O4. The van der Waals surface area contributed by atoms with Crippen LogP contribution in [0.4, 0.5) is 10.5 Å². The number of nitrogens with one attached hydrogen (secondary N) is 1. The van der Waals surface area contributed by atoms with Crippen molar-refractivity contribution in [2.24, 2.45) is 11.8 Å². The Morgan fingerprint density at radius 1 is 1.03 bits per heavy atom. The van der Waals surface area contributed by atoms with Crippen molar-refractivity contribution in [1.29, 1.82) is 0 Å². The van der Waals surface area contributed by atoms with Crippen molar-refractivity contribution in [2.75, 3.05) is 31.1 Å². The number of hydrogen-bond acceptors (Lipinski definition) is 4. The van der Waals surface area contributed by atoms with E-state index in [1.807, 2.05) is 50.2 Å². The molecule has 0 unspecified atom stereocenters. The summed E-state index contributed by atoms with van der Waals surface area (Å²) in [5, 5.41) is 3.04. The monoisotopic (exact) mass is 449 g/mol. The Morgan fingerprint density at radius 3 is 2.45 bits per heavy atom. The number of carbonyl (C=O) groups excluding carboxylic acids is 3. The van der Waals surface area contributed by atoms with Gasteiger partial charge >= 0.3 is 6.09 Å². The van der Waals surface area contributed by atoms with Gasteiger partial charge in [-0.15, -0.1) is 0 Å². The summed E-state index contributed by atoms with van der Waals surface area (Å²) in [6.45, 7) is 6.25. The Labute approximate surface area is 194 Å². The van der Waals surface area contributed by atoms with E-state index in [0.717, 1.165) is 24.1 Å². The van der Waals surface area contributed by atoms with Crippen LogP contribution in [-0.4, -0.2) is 49.0 Å². The zero-order chi connectivity index (χ0) is 23.4. The summed E-state index contributed by atoms with van der Waals surface area (Å²) in [5.74, 6) is 0.435. The van der Waals surface area contributed by atoms with Crippen LogP contribution in [0.25, 0.3) is 0 Å². The molecule has 1 N–H and O–H groups in total. The smallest absolute Gasteiger partial charge is 0.410 e. The standard InChI is InChI=1S/C26H31N3O4/c1-18-8-9-22(14-19(18)2)29-17-21(15-24(29)30)25(31)27-16-20-10-12-28(13-11-20)26(32)33-23-6-4-3-5-7-23/h3-9,14,20-21H,10-13,15-17H2,1-2H3,(H,27,31)/t21-/m0/s1. The largest absolute Gasteiger partial charge is 0.415 e. The van der Waals surface area contributed by atoms with Crippen LogP contribution < -0.4 is 15.0 Å². The maximum absolute atomic E-state index is 12.7. The maximum Gasteiger partial charge on any atom is 0.415 e. The molecule has 2 aromatic rings. The molecule has 3 amide bonds. The fourth-order valence-corrected chi connectivity index (χ4v) is 4.39. The van der Waals surface area contributed by atoms with Gasteiger partial charge in [-0.1, -0.05) is 24.3 Å². The van der Waals surface area contributed by atoms with Gasteiger partial charge in [-0.2, -0.15) is 0 Å². The van der Waals surface area contributed by atoms with Crippen LogP contribution in [0.1, 0.15) is 30.4 Å². The molecule has 2 heterocycles. The Bertz CT molecular complexity index is 1020. The van der Waals surface area contributed by atoms with Crippen molar-refractivity contribution in [3.8, 4) is 5.75 Å². The summed E-state index contributed by atoms with van der Waals surface area (Å²) in [4.78, 5) is 41.0. The second kappa shape index (κ2) is 10.1. The molecule has 0 bridgehead atoms. The summed E-state index contributed by atoms with van der Waals surface area (Å²) < 4.78 is 5.41. The van der Waals surface area contributed by atoms with Gasteiger partial charge in [-0.05, 0) is 68.0 Å². The van der Waals surface area contributed by atoms with Crippen LogP contribution in [0.2, 0.25) is 0 Å². The number of aryl methyl sites for hydroxylation is 2. The first-order chi connectivity index (χ1) is 15.9. The normalized spacial score (nSPS) is 19.0. The minimum Gasteiger partial charge on any atom is -0.410 e. The topological polar surface area (TPSA) is 79.0 Å². The minimum atomic E-state index is -0.334. The molecule has 0 radical (unpaired) electrons. The van der Waals surface area contributed by atoms with Crippen LogP contribution >= 0.6 is 0 Å². The molecule has 0 aromatic heterocycles. The van der Waals surface area contributed by atoms with Crippen LogP contribution in [0.3, 0.4) is 0 Å². The van der Waals surface area contributed by atoms with Gasteiger partial charge in [0.15, 0.2) is 0 Å². The summed E-state index contributed by atoms with van der Waals surface area (Å²) in [7, 11) is 0. The lowest BCUT2D eigenvalue weighted by Gasteiger charge is -2.31. The van der Waals surface area contributed by atoms with Crippen molar-refractivity contribution >= 4 is 23.6 Å².